The second-order valence-corrected chi connectivity index (χ2v) is 8.37. The normalized spacial score (nSPS) is 14.2. The van der Waals surface area contributed by atoms with E-state index >= 15 is 0 Å². The molecule has 0 N–H and O–H groups in total. The highest BCUT2D eigenvalue weighted by Gasteiger charge is 2.31. The molecule has 2 aromatic carbocycles. The molecule has 3 aromatic rings. The monoisotopic (exact) mass is 484 g/mol. The zero-order valence-electron chi connectivity index (χ0n) is 19.9. The Morgan fingerprint density at radius 3 is 2.31 bits per heavy atom. The average molecular weight is 485 g/mol. The van der Waals surface area contributed by atoms with Crippen molar-refractivity contribution in [1.82, 2.24) is 14.9 Å². The molecular formula is C26H27F3N4O2. The number of alkyl halides is 3. The zero-order valence-corrected chi connectivity index (χ0v) is 19.9. The Labute approximate surface area is 202 Å². The van der Waals surface area contributed by atoms with Crippen molar-refractivity contribution in [2.24, 2.45) is 0 Å². The van der Waals surface area contributed by atoms with E-state index in [2.05, 4.69) is 9.88 Å². The summed E-state index contributed by atoms with van der Waals surface area (Å²) < 4.78 is 44.8. The highest BCUT2D eigenvalue weighted by molar-refractivity contribution is 5.94. The van der Waals surface area contributed by atoms with E-state index in [0.717, 1.165) is 23.4 Å². The number of nitrogens with zero attached hydrogens (tertiary/aromatic N) is 4. The van der Waals surface area contributed by atoms with Gasteiger partial charge in [-0.05, 0) is 49.7 Å². The Hall–Kier alpha value is -3.62. The number of aryl methyl sites for hydroxylation is 1. The maximum Gasteiger partial charge on any atom is 0.416 e. The van der Waals surface area contributed by atoms with Gasteiger partial charge >= 0.3 is 6.18 Å². The van der Waals surface area contributed by atoms with Crippen LogP contribution in [0, 0.1) is 6.92 Å². The fourth-order valence-electron chi connectivity index (χ4n) is 4.26. The SMILES string of the molecule is CCc1c(C)nc(-c2cccc(C(F)(F)F)c2)nc1N1CCN(C(=O)c2ccc(OC)cc2)CC1. The molecule has 0 atom stereocenters. The van der Waals surface area contributed by atoms with Crippen LogP contribution < -0.4 is 9.64 Å². The number of hydrogen-bond acceptors (Lipinski definition) is 5. The van der Waals surface area contributed by atoms with E-state index < -0.39 is 11.7 Å². The van der Waals surface area contributed by atoms with E-state index in [1.54, 1.807) is 42.3 Å². The molecule has 0 unspecified atom stereocenters. The first-order chi connectivity index (χ1) is 16.7. The number of halogens is 3. The van der Waals surface area contributed by atoms with Crippen LogP contribution in [0.1, 0.15) is 34.1 Å². The third-order valence-electron chi connectivity index (χ3n) is 6.20. The zero-order chi connectivity index (χ0) is 25.2. The van der Waals surface area contributed by atoms with Crippen LogP contribution in [0.2, 0.25) is 0 Å². The molecule has 4 rings (SSSR count). The van der Waals surface area contributed by atoms with E-state index in [0.29, 0.717) is 55.3 Å². The minimum absolute atomic E-state index is 0.0495. The van der Waals surface area contributed by atoms with Crippen molar-refractivity contribution in [3.8, 4) is 17.1 Å². The molecule has 1 aliphatic heterocycles. The highest BCUT2D eigenvalue weighted by atomic mass is 19.4. The van der Waals surface area contributed by atoms with Crippen LogP contribution in [-0.2, 0) is 12.6 Å². The van der Waals surface area contributed by atoms with Gasteiger partial charge in [-0.1, -0.05) is 19.1 Å². The summed E-state index contributed by atoms with van der Waals surface area (Å²) in [6.45, 7) is 6.00. The van der Waals surface area contributed by atoms with E-state index in [9.17, 15) is 18.0 Å². The fourth-order valence-corrected chi connectivity index (χ4v) is 4.26. The topological polar surface area (TPSA) is 58.6 Å². The van der Waals surface area contributed by atoms with Crippen LogP contribution in [0.5, 0.6) is 5.75 Å². The molecule has 0 radical (unpaired) electrons. The van der Waals surface area contributed by atoms with Crippen LogP contribution >= 0.6 is 0 Å². The number of carbonyl (C=O) groups excluding carboxylic acids is 1. The van der Waals surface area contributed by atoms with Crippen molar-refractivity contribution in [1.29, 1.82) is 0 Å². The predicted octanol–water partition coefficient (Wildman–Crippen LogP) is 5.00. The molecule has 35 heavy (non-hydrogen) atoms. The van der Waals surface area contributed by atoms with Gasteiger partial charge in [0.05, 0.1) is 12.7 Å². The Balaban J connectivity index is 1.56. The molecule has 0 bridgehead atoms. The maximum atomic E-state index is 13.2. The number of amides is 1. The molecule has 2 heterocycles. The highest BCUT2D eigenvalue weighted by Crippen LogP contribution is 2.33. The number of hydrogen-bond donors (Lipinski definition) is 0. The summed E-state index contributed by atoms with van der Waals surface area (Å²) in [6, 6.07) is 12.1. The van der Waals surface area contributed by atoms with E-state index in [1.165, 1.54) is 6.07 Å². The van der Waals surface area contributed by atoms with Crippen molar-refractivity contribution in [3.63, 3.8) is 0 Å². The van der Waals surface area contributed by atoms with Crippen LogP contribution in [0.3, 0.4) is 0 Å². The summed E-state index contributed by atoms with van der Waals surface area (Å²) in [5, 5.41) is 0. The molecule has 0 aliphatic carbocycles. The third kappa shape index (κ3) is 5.23. The number of anilines is 1. The average Bonchev–Trinajstić information content (AvgIpc) is 2.87. The lowest BCUT2D eigenvalue weighted by molar-refractivity contribution is -0.137. The number of rotatable bonds is 5. The van der Waals surface area contributed by atoms with Crippen molar-refractivity contribution in [3.05, 3.63) is 70.9 Å². The van der Waals surface area contributed by atoms with Gasteiger partial charge in [0.2, 0.25) is 0 Å². The Morgan fingerprint density at radius 2 is 1.71 bits per heavy atom. The van der Waals surface area contributed by atoms with Gasteiger partial charge in [-0.3, -0.25) is 4.79 Å². The first-order valence-corrected chi connectivity index (χ1v) is 11.4. The molecule has 6 nitrogen and oxygen atoms in total. The number of benzene rings is 2. The van der Waals surface area contributed by atoms with Crippen LogP contribution in [0.25, 0.3) is 11.4 Å². The van der Waals surface area contributed by atoms with Crippen molar-refractivity contribution in [2.75, 3.05) is 38.2 Å². The summed E-state index contributed by atoms with van der Waals surface area (Å²) in [7, 11) is 1.58. The lowest BCUT2D eigenvalue weighted by Crippen LogP contribution is -2.49. The van der Waals surface area contributed by atoms with E-state index in [4.69, 9.17) is 9.72 Å². The smallest absolute Gasteiger partial charge is 0.416 e. The second-order valence-electron chi connectivity index (χ2n) is 8.37. The minimum Gasteiger partial charge on any atom is -0.497 e. The molecule has 1 aromatic heterocycles. The largest absolute Gasteiger partial charge is 0.497 e. The standard InChI is InChI=1S/C26H27F3N4O2/c1-4-22-17(2)30-23(19-6-5-7-20(16-19)26(27,28)29)31-24(22)32-12-14-33(15-13-32)25(34)18-8-10-21(35-3)11-9-18/h5-11,16H,4,12-15H2,1-3H3. The summed E-state index contributed by atoms with van der Waals surface area (Å²) in [5.41, 5.74) is 1.87. The summed E-state index contributed by atoms with van der Waals surface area (Å²) in [6.07, 6.45) is -3.75. The number of piperazine rings is 1. The Kier molecular flexibility index (Phi) is 6.95. The minimum atomic E-state index is -4.44. The van der Waals surface area contributed by atoms with Crippen molar-refractivity contribution in [2.45, 2.75) is 26.4 Å². The van der Waals surface area contributed by atoms with Crippen LogP contribution in [0.4, 0.5) is 19.0 Å². The molecule has 0 saturated carbocycles. The van der Waals surface area contributed by atoms with Crippen LogP contribution in [0.15, 0.2) is 48.5 Å². The first kappa shape index (κ1) is 24.5. The molecule has 1 amide bonds. The molecule has 1 saturated heterocycles. The van der Waals surface area contributed by atoms with Gasteiger partial charge in [0.1, 0.15) is 11.6 Å². The lowest BCUT2D eigenvalue weighted by atomic mass is 10.1. The quantitative estimate of drug-likeness (QED) is 0.510. The number of carbonyl (C=O) groups is 1. The number of methoxy groups -OCH3 is 1. The number of ether oxygens (including phenoxy) is 1. The van der Waals surface area contributed by atoms with Gasteiger partial charge in [0, 0.05) is 48.6 Å². The maximum absolute atomic E-state index is 13.2. The van der Waals surface area contributed by atoms with Gasteiger partial charge in [0.25, 0.3) is 5.91 Å². The summed E-state index contributed by atoms with van der Waals surface area (Å²) in [5.74, 6) is 1.61. The van der Waals surface area contributed by atoms with Crippen LogP contribution in [-0.4, -0.2) is 54.1 Å². The predicted molar refractivity (Wildman–Crippen MR) is 128 cm³/mol. The van der Waals surface area contributed by atoms with E-state index in [-0.39, 0.29) is 11.7 Å². The molecule has 1 fully saturated rings. The molecule has 1 aliphatic rings. The van der Waals surface area contributed by atoms with Gasteiger partial charge in [-0.2, -0.15) is 13.2 Å². The van der Waals surface area contributed by atoms with Gasteiger partial charge in [0.15, 0.2) is 5.82 Å². The Bertz CT molecular complexity index is 1200. The molecule has 184 valence electrons. The van der Waals surface area contributed by atoms with Crippen molar-refractivity contribution >= 4 is 11.7 Å². The fraction of sp³-hybridized carbons (Fsp3) is 0.346. The summed E-state index contributed by atoms with van der Waals surface area (Å²) >= 11 is 0. The number of aromatic nitrogens is 2. The molecule has 9 heteroatoms. The molecular weight excluding hydrogens is 457 g/mol. The van der Waals surface area contributed by atoms with Gasteiger partial charge in [-0.15, -0.1) is 0 Å². The Morgan fingerprint density at radius 1 is 1.03 bits per heavy atom. The first-order valence-electron chi connectivity index (χ1n) is 11.4. The lowest BCUT2D eigenvalue weighted by Gasteiger charge is -2.36. The molecule has 0 spiro atoms. The third-order valence-corrected chi connectivity index (χ3v) is 6.20. The van der Waals surface area contributed by atoms with Crippen molar-refractivity contribution < 1.29 is 22.7 Å². The summed E-state index contributed by atoms with van der Waals surface area (Å²) in [4.78, 5) is 26.0. The van der Waals surface area contributed by atoms with E-state index in [1.807, 2.05) is 13.8 Å². The van der Waals surface area contributed by atoms with Gasteiger partial charge in [-0.25, -0.2) is 9.97 Å². The second kappa shape index (κ2) is 9.93. The van der Waals surface area contributed by atoms with Gasteiger partial charge < -0.3 is 14.5 Å².